The lowest BCUT2D eigenvalue weighted by Crippen LogP contribution is -2.41. The van der Waals surface area contributed by atoms with Gasteiger partial charge in [-0.3, -0.25) is 14.5 Å². The molecule has 1 aliphatic rings. The second-order valence-corrected chi connectivity index (χ2v) is 9.08. The summed E-state index contributed by atoms with van der Waals surface area (Å²) in [6.07, 6.45) is 0.624. The first kappa shape index (κ1) is 25.3. The maximum Gasteiger partial charge on any atom is 0.337 e. The number of benzene rings is 3. The summed E-state index contributed by atoms with van der Waals surface area (Å²) in [6.45, 7) is 3.84. The molecule has 0 fully saturated rings. The van der Waals surface area contributed by atoms with E-state index in [1.807, 2.05) is 38.1 Å². The van der Waals surface area contributed by atoms with Crippen LogP contribution in [0.2, 0.25) is 5.02 Å². The van der Waals surface area contributed by atoms with Crippen LogP contribution in [-0.2, 0) is 16.0 Å². The zero-order chi connectivity index (χ0) is 26.0. The monoisotopic (exact) mass is 507 g/mol. The fourth-order valence-corrected chi connectivity index (χ4v) is 4.55. The van der Waals surface area contributed by atoms with Crippen molar-refractivity contribution in [1.29, 1.82) is 0 Å². The molecule has 3 aromatic carbocycles. The largest absolute Gasteiger partial charge is 0.493 e. The number of fused-ring (bicyclic) bond motifs is 1. The summed E-state index contributed by atoms with van der Waals surface area (Å²) >= 11 is 6.16. The Bertz CT molecular complexity index is 1320. The summed E-state index contributed by atoms with van der Waals surface area (Å²) in [7, 11) is 2.82. The Kier molecular flexibility index (Phi) is 7.31. The smallest absolute Gasteiger partial charge is 0.337 e. The van der Waals surface area contributed by atoms with Gasteiger partial charge in [0.25, 0.3) is 0 Å². The highest BCUT2D eigenvalue weighted by molar-refractivity contribution is 6.30. The predicted molar refractivity (Wildman–Crippen MR) is 136 cm³/mol. The Balaban J connectivity index is 1.95. The number of methoxy groups -OCH3 is 2. The maximum absolute atomic E-state index is 13.6. The molecule has 186 valence electrons. The number of esters is 1. The zero-order valence-electron chi connectivity index (χ0n) is 20.4. The van der Waals surface area contributed by atoms with Crippen LogP contribution in [0.3, 0.4) is 0 Å². The highest BCUT2D eigenvalue weighted by Crippen LogP contribution is 2.44. The molecule has 0 spiro atoms. The van der Waals surface area contributed by atoms with Crippen LogP contribution in [0.5, 0.6) is 11.5 Å². The van der Waals surface area contributed by atoms with E-state index in [1.165, 1.54) is 19.2 Å². The van der Waals surface area contributed by atoms with Gasteiger partial charge < -0.3 is 14.2 Å². The molecular weight excluding hydrogens is 482 g/mol. The predicted octanol–water partition coefficient (Wildman–Crippen LogP) is 5.41. The second-order valence-electron chi connectivity index (χ2n) is 8.65. The lowest BCUT2D eigenvalue weighted by atomic mass is 9.86. The van der Waals surface area contributed by atoms with Crippen LogP contribution >= 0.6 is 11.6 Å². The number of hydrogen-bond donors (Lipinski definition) is 0. The number of carbonyl (C=O) groups is 3. The average Bonchev–Trinajstić information content (AvgIpc) is 2.87. The van der Waals surface area contributed by atoms with Crippen LogP contribution < -0.4 is 14.4 Å². The lowest BCUT2D eigenvalue weighted by molar-refractivity contribution is -0.118. The normalized spacial score (nSPS) is 14.9. The van der Waals surface area contributed by atoms with E-state index in [-0.39, 0.29) is 29.6 Å². The van der Waals surface area contributed by atoms with Crippen LogP contribution in [0.1, 0.15) is 57.3 Å². The van der Waals surface area contributed by atoms with E-state index < -0.39 is 12.0 Å². The van der Waals surface area contributed by atoms with Crippen molar-refractivity contribution in [2.45, 2.75) is 32.4 Å². The summed E-state index contributed by atoms with van der Waals surface area (Å²) in [6, 6.07) is 14.9. The average molecular weight is 508 g/mol. The first-order valence-corrected chi connectivity index (χ1v) is 11.8. The third kappa shape index (κ3) is 4.79. The molecule has 7 nitrogen and oxygen atoms in total. The number of hydrogen-bond acceptors (Lipinski definition) is 6. The lowest BCUT2D eigenvalue weighted by Gasteiger charge is -2.38. The molecule has 1 atom stereocenters. The third-order valence-corrected chi connectivity index (χ3v) is 6.22. The molecule has 0 aliphatic carbocycles. The van der Waals surface area contributed by atoms with E-state index in [0.717, 1.165) is 16.7 Å². The molecule has 1 heterocycles. The van der Waals surface area contributed by atoms with Gasteiger partial charge in [-0.25, -0.2) is 4.79 Å². The molecule has 0 bridgehead atoms. The fourth-order valence-electron chi connectivity index (χ4n) is 4.42. The van der Waals surface area contributed by atoms with Crippen molar-refractivity contribution >= 4 is 35.5 Å². The van der Waals surface area contributed by atoms with Gasteiger partial charge in [0.05, 0.1) is 44.0 Å². The molecule has 0 saturated carbocycles. The Morgan fingerprint density at radius 2 is 1.78 bits per heavy atom. The molecule has 8 heteroatoms. The van der Waals surface area contributed by atoms with E-state index in [4.69, 9.17) is 25.8 Å². The first-order valence-electron chi connectivity index (χ1n) is 11.4. The number of ether oxygens (including phenoxy) is 3. The Labute approximate surface area is 214 Å². The molecule has 0 N–H and O–H groups in total. The van der Waals surface area contributed by atoms with Crippen LogP contribution in [0.4, 0.5) is 5.69 Å². The highest BCUT2D eigenvalue weighted by Gasteiger charge is 2.37. The molecule has 3 aromatic rings. The SMILES string of the molecule is COC(=O)c1ccc(N2C(=O)Cc3cc(OC)c(OC(C)C)cc3C2c2ccc(Cl)cc2)c(C=O)c1. The van der Waals surface area contributed by atoms with Crippen molar-refractivity contribution < 1.29 is 28.6 Å². The topological polar surface area (TPSA) is 82.1 Å². The van der Waals surface area contributed by atoms with E-state index in [9.17, 15) is 14.4 Å². The van der Waals surface area contributed by atoms with Gasteiger partial charge >= 0.3 is 5.97 Å². The van der Waals surface area contributed by atoms with Crippen molar-refractivity contribution in [2.24, 2.45) is 0 Å². The number of rotatable bonds is 7. The van der Waals surface area contributed by atoms with E-state index in [2.05, 4.69) is 0 Å². The number of aldehydes is 1. The van der Waals surface area contributed by atoms with Gasteiger partial charge in [0, 0.05) is 10.6 Å². The van der Waals surface area contributed by atoms with Crippen molar-refractivity contribution in [1.82, 2.24) is 0 Å². The van der Waals surface area contributed by atoms with Crippen molar-refractivity contribution in [2.75, 3.05) is 19.1 Å². The molecule has 4 rings (SSSR count). The quantitative estimate of drug-likeness (QED) is 0.314. The number of carbonyl (C=O) groups excluding carboxylic acids is 3. The Hall–Kier alpha value is -3.84. The highest BCUT2D eigenvalue weighted by atomic mass is 35.5. The third-order valence-electron chi connectivity index (χ3n) is 5.97. The minimum absolute atomic E-state index is 0.0921. The molecule has 1 unspecified atom stereocenters. The number of anilines is 1. The van der Waals surface area contributed by atoms with Crippen LogP contribution in [0, 0.1) is 0 Å². The molecule has 0 aromatic heterocycles. The van der Waals surface area contributed by atoms with Gasteiger partial charge in [0.15, 0.2) is 17.8 Å². The number of amides is 1. The fraction of sp³-hybridized carbons (Fsp3) is 0.250. The van der Waals surface area contributed by atoms with Crippen molar-refractivity contribution in [3.63, 3.8) is 0 Å². The minimum Gasteiger partial charge on any atom is -0.493 e. The van der Waals surface area contributed by atoms with Gasteiger partial charge in [-0.2, -0.15) is 0 Å². The molecule has 1 aliphatic heterocycles. The summed E-state index contributed by atoms with van der Waals surface area (Å²) < 4.78 is 16.3. The van der Waals surface area contributed by atoms with Gasteiger partial charge in [0.1, 0.15) is 0 Å². The van der Waals surface area contributed by atoms with Crippen molar-refractivity contribution in [3.05, 3.63) is 87.4 Å². The van der Waals surface area contributed by atoms with E-state index >= 15 is 0 Å². The van der Waals surface area contributed by atoms with Crippen molar-refractivity contribution in [3.8, 4) is 11.5 Å². The standard InChI is InChI=1S/C28H26ClNO6/c1-16(2)36-25-14-22-19(12-24(25)34-3)13-26(32)30(27(22)17-5-8-21(29)9-6-17)23-10-7-18(28(33)35-4)11-20(23)15-31/h5-12,14-16,27H,13H2,1-4H3. The Morgan fingerprint density at radius 1 is 1.06 bits per heavy atom. The summed E-state index contributed by atoms with van der Waals surface area (Å²) in [5.74, 6) is 0.304. The Morgan fingerprint density at radius 3 is 2.39 bits per heavy atom. The molecular formula is C28H26ClNO6. The van der Waals surface area contributed by atoms with Gasteiger partial charge in [0.2, 0.25) is 5.91 Å². The molecule has 0 saturated heterocycles. The summed E-state index contributed by atoms with van der Waals surface area (Å²) in [5.41, 5.74) is 3.22. The van der Waals surface area contributed by atoms with Crippen LogP contribution in [0.15, 0.2) is 54.6 Å². The summed E-state index contributed by atoms with van der Waals surface area (Å²) in [4.78, 5) is 39.4. The maximum atomic E-state index is 13.6. The summed E-state index contributed by atoms with van der Waals surface area (Å²) in [5, 5.41) is 0.558. The van der Waals surface area contributed by atoms with Gasteiger partial charge in [-0.15, -0.1) is 0 Å². The number of halogens is 1. The number of nitrogens with zero attached hydrogens (tertiary/aromatic N) is 1. The van der Waals surface area contributed by atoms with Crippen LogP contribution in [-0.4, -0.2) is 38.5 Å². The second kappa shape index (κ2) is 10.4. The van der Waals surface area contributed by atoms with E-state index in [0.29, 0.717) is 28.5 Å². The van der Waals surface area contributed by atoms with E-state index in [1.54, 1.807) is 30.2 Å². The molecule has 0 radical (unpaired) electrons. The molecule has 36 heavy (non-hydrogen) atoms. The minimum atomic E-state index is -0.582. The van der Waals surface area contributed by atoms with Gasteiger partial charge in [-0.1, -0.05) is 23.7 Å². The zero-order valence-corrected chi connectivity index (χ0v) is 21.2. The van der Waals surface area contributed by atoms with Gasteiger partial charge in [-0.05, 0) is 73.0 Å². The van der Waals surface area contributed by atoms with Crippen LogP contribution in [0.25, 0.3) is 0 Å². The first-order chi connectivity index (χ1) is 17.3. The molecule has 1 amide bonds.